The van der Waals surface area contributed by atoms with Crippen LogP contribution in [0.5, 0.6) is 5.75 Å². The molecule has 4 aliphatic rings. The van der Waals surface area contributed by atoms with E-state index in [9.17, 15) is 39.6 Å². The van der Waals surface area contributed by atoms with Crippen molar-refractivity contribution < 1.29 is 39.6 Å². The summed E-state index contributed by atoms with van der Waals surface area (Å²) in [6, 6.07) is 4.23. The summed E-state index contributed by atoms with van der Waals surface area (Å²) in [6.45, 7) is 1.09. The number of aliphatic hydroxyl groups is 3. The van der Waals surface area contributed by atoms with Gasteiger partial charge in [0.05, 0.1) is 11.6 Å². The number of ketones is 4. The SMILES string of the molecule is CC(=O)C1=C(O)[C@@]2(O)C(=O)C3=C(O)c4c(O)c(CCC(=O)c5cccnc5)cc(CCC5CCCCC5)c4C[C@H]3C[C@H]2[C@H](N(C)C)C1=O. The Morgan fingerprint density at radius 2 is 1.77 bits per heavy atom. The van der Waals surface area contributed by atoms with Crippen molar-refractivity contribution in [3.63, 3.8) is 0 Å². The number of aromatic hydroxyl groups is 1. The number of phenolic OH excluding ortho intramolecular Hbond substituents is 1. The molecule has 0 saturated heterocycles. The van der Waals surface area contributed by atoms with Crippen LogP contribution in [0.4, 0.5) is 0 Å². The maximum absolute atomic E-state index is 14.3. The number of benzene rings is 1. The van der Waals surface area contributed by atoms with Crippen molar-refractivity contribution in [3.8, 4) is 5.75 Å². The van der Waals surface area contributed by atoms with E-state index in [4.69, 9.17) is 0 Å². The van der Waals surface area contributed by atoms with Gasteiger partial charge in [0.2, 0.25) is 5.78 Å². The second-order valence-electron chi connectivity index (χ2n) is 14.3. The third-order valence-electron chi connectivity index (χ3n) is 11.1. The number of pyridine rings is 1. The van der Waals surface area contributed by atoms with Crippen LogP contribution in [0.1, 0.15) is 90.9 Å². The van der Waals surface area contributed by atoms with E-state index in [-0.39, 0.29) is 48.4 Å². The maximum atomic E-state index is 14.3. The van der Waals surface area contributed by atoms with E-state index in [0.717, 1.165) is 31.7 Å². The molecule has 1 aromatic heterocycles. The molecule has 6 rings (SSSR count). The molecule has 2 fully saturated rings. The first kappa shape index (κ1) is 33.7. The average Bonchev–Trinajstić information content (AvgIpc) is 3.06. The first-order valence-electron chi connectivity index (χ1n) is 17.0. The Bertz CT molecular complexity index is 1740. The molecular formula is C38H44N2O8. The summed E-state index contributed by atoms with van der Waals surface area (Å²) in [6.07, 6.45) is 11.3. The van der Waals surface area contributed by atoms with Crippen molar-refractivity contribution in [2.24, 2.45) is 17.8 Å². The molecule has 4 atom stereocenters. The molecule has 0 amide bonds. The Hall–Kier alpha value is -4.15. The summed E-state index contributed by atoms with van der Waals surface area (Å²) in [7, 11) is 3.24. The summed E-state index contributed by atoms with van der Waals surface area (Å²) in [5.41, 5.74) is -0.710. The first-order valence-corrected chi connectivity index (χ1v) is 17.0. The number of hydrogen-bond donors (Lipinski definition) is 4. The molecule has 4 aliphatic carbocycles. The molecule has 0 radical (unpaired) electrons. The van der Waals surface area contributed by atoms with Crippen molar-refractivity contribution >= 4 is 28.9 Å². The lowest BCUT2D eigenvalue weighted by Gasteiger charge is -2.50. The molecule has 48 heavy (non-hydrogen) atoms. The van der Waals surface area contributed by atoms with Gasteiger partial charge in [-0.2, -0.15) is 0 Å². The molecule has 10 heteroatoms. The van der Waals surface area contributed by atoms with Crippen molar-refractivity contribution in [2.75, 3.05) is 14.1 Å². The molecule has 0 aliphatic heterocycles. The summed E-state index contributed by atoms with van der Waals surface area (Å²) in [5, 5.41) is 46.8. The number of aliphatic hydroxyl groups excluding tert-OH is 2. The van der Waals surface area contributed by atoms with Gasteiger partial charge in [0.1, 0.15) is 22.8 Å². The van der Waals surface area contributed by atoms with Crippen LogP contribution >= 0.6 is 0 Å². The second kappa shape index (κ2) is 13.0. The maximum Gasteiger partial charge on any atom is 0.202 e. The fraction of sp³-hybridized carbons (Fsp3) is 0.500. The smallest absolute Gasteiger partial charge is 0.202 e. The highest BCUT2D eigenvalue weighted by Crippen LogP contribution is 2.53. The van der Waals surface area contributed by atoms with Crippen molar-refractivity contribution in [1.82, 2.24) is 9.88 Å². The number of carbonyl (C=O) groups excluding carboxylic acids is 4. The highest BCUT2D eigenvalue weighted by atomic mass is 16.3. The number of nitrogens with zero attached hydrogens (tertiary/aromatic N) is 2. The average molecular weight is 657 g/mol. The number of aromatic nitrogens is 1. The standard InChI is InChI=1S/C38H44N2O8/c1-20(41)29-35(45)32(40(2)3)27-18-25-17-26-22(12-11-21-8-5-4-6-9-21)16-23(13-14-28(42)24-10-7-15-39-19-24)33(43)31(26)34(44)30(25)37(47)38(27,48)36(29)46/h7,10,15-16,19,21,25,27,32,43-44,46,48H,4-6,8-9,11-14,17-18H2,1-3H3/t25-,27-,32-,38+/m0/s1. The number of phenols is 1. The Kier molecular flexibility index (Phi) is 9.17. The molecule has 0 bridgehead atoms. The Labute approximate surface area is 280 Å². The lowest BCUT2D eigenvalue weighted by Crippen LogP contribution is -2.65. The van der Waals surface area contributed by atoms with Crippen LogP contribution in [0.3, 0.4) is 0 Å². The van der Waals surface area contributed by atoms with Crippen LogP contribution in [0.15, 0.2) is 47.5 Å². The summed E-state index contributed by atoms with van der Waals surface area (Å²) in [5.74, 6) is -5.38. The Balaban J connectivity index is 1.45. The van der Waals surface area contributed by atoms with E-state index >= 15 is 0 Å². The molecule has 4 N–H and O–H groups in total. The lowest BCUT2D eigenvalue weighted by molar-refractivity contribution is -0.153. The first-order chi connectivity index (χ1) is 22.9. The quantitative estimate of drug-likeness (QED) is 0.218. The Morgan fingerprint density at radius 3 is 2.42 bits per heavy atom. The van der Waals surface area contributed by atoms with Gasteiger partial charge in [-0.05, 0) is 93.8 Å². The van der Waals surface area contributed by atoms with Crippen molar-refractivity contribution in [1.29, 1.82) is 0 Å². The van der Waals surface area contributed by atoms with Gasteiger partial charge in [0.15, 0.2) is 23.0 Å². The molecule has 2 saturated carbocycles. The molecule has 0 unspecified atom stereocenters. The van der Waals surface area contributed by atoms with Gasteiger partial charge >= 0.3 is 0 Å². The summed E-state index contributed by atoms with van der Waals surface area (Å²) in [4.78, 5) is 58.9. The predicted octanol–water partition coefficient (Wildman–Crippen LogP) is 4.79. The number of Topliss-reactive ketones (excluding diaryl/α,β-unsaturated/α-hetero) is 4. The fourth-order valence-electron chi connectivity index (χ4n) is 8.72. The van der Waals surface area contributed by atoms with E-state index < -0.39 is 57.9 Å². The minimum Gasteiger partial charge on any atom is -0.508 e. The van der Waals surface area contributed by atoms with Crippen LogP contribution in [0.2, 0.25) is 0 Å². The number of rotatable bonds is 9. The zero-order valence-electron chi connectivity index (χ0n) is 27.8. The molecular weight excluding hydrogens is 612 g/mol. The highest BCUT2D eigenvalue weighted by Gasteiger charge is 2.64. The van der Waals surface area contributed by atoms with Crippen LogP contribution in [0, 0.1) is 17.8 Å². The summed E-state index contributed by atoms with van der Waals surface area (Å²) < 4.78 is 0. The normalized spacial score (nSPS) is 26.0. The van der Waals surface area contributed by atoms with Crippen LogP contribution in [-0.4, -0.2) is 79.2 Å². The topological polar surface area (TPSA) is 165 Å². The molecule has 2 aromatic rings. The predicted molar refractivity (Wildman–Crippen MR) is 178 cm³/mol. The Morgan fingerprint density at radius 1 is 1.04 bits per heavy atom. The van der Waals surface area contributed by atoms with E-state index in [2.05, 4.69) is 4.98 Å². The zero-order valence-corrected chi connectivity index (χ0v) is 27.8. The number of likely N-dealkylation sites (N-methyl/N-ethyl adjacent to an activating group) is 1. The third kappa shape index (κ3) is 5.58. The van der Waals surface area contributed by atoms with Crippen molar-refractivity contribution in [2.45, 2.75) is 89.2 Å². The van der Waals surface area contributed by atoms with E-state index in [1.54, 1.807) is 37.3 Å². The number of aryl methyl sites for hydroxylation is 2. The van der Waals surface area contributed by atoms with Gasteiger partial charge in [0, 0.05) is 35.9 Å². The van der Waals surface area contributed by atoms with E-state index in [0.29, 0.717) is 29.0 Å². The monoisotopic (exact) mass is 656 g/mol. The number of carbonyl (C=O) groups is 4. The van der Waals surface area contributed by atoms with Gasteiger partial charge in [-0.3, -0.25) is 29.1 Å². The van der Waals surface area contributed by atoms with Gasteiger partial charge in [0.25, 0.3) is 0 Å². The summed E-state index contributed by atoms with van der Waals surface area (Å²) >= 11 is 0. The van der Waals surface area contributed by atoms with E-state index in [1.807, 2.05) is 6.07 Å². The third-order valence-corrected chi connectivity index (χ3v) is 11.1. The minimum atomic E-state index is -2.62. The second-order valence-corrected chi connectivity index (χ2v) is 14.3. The molecule has 0 spiro atoms. The van der Waals surface area contributed by atoms with Crippen LogP contribution in [0.25, 0.3) is 5.76 Å². The van der Waals surface area contributed by atoms with Gasteiger partial charge < -0.3 is 20.4 Å². The minimum absolute atomic E-state index is 0.0785. The molecule has 1 aromatic carbocycles. The molecule has 1 heterocycles. The number of hydrogen-bond acceptors (Lipinski definition) is 10. The van der Waals surface area contributed by atoms with E-state index in [1.165, 1.54) is 25.5 Å². The van der Waals surface area contributed by atoms with Crippen molar-refractivity contribution in [3.05, 3.63) is 75.3 Å². The molecule has 254 valence electrons. The lowest BCUT2D eigenvalue weighted by atomic mass is 9.57. The van der Waals surface area contributed by atoms with Crippen LogP contribution in [-0.2, 0) is 33.6 Å². The number of fused-ring (bicyclic) bond motifs is 3. The molecule has 10 nitrogen and oxygen atoms in total. The largest absolute Gasteiger partial charge is 0.508 e. The highest BCUT2D eigenvalue weighted by molar-refractivity contribution is 6.25. The van der Waals surface area contributed by atoms with Gasteiger partial charge in [-0.15, -0.1) is 0 Å². The zero-order chi connectivity index (χ0) is 34.5. The fourth-order valence-corrected chi connectivity index (χ4v) is 8.72. The van der Waals surface area contributed by atoms with Crippen LogP contribution < -0.4 is 0 Å². The van der Waals surface area contributed by atoms with Gasteiger partial charge in [-0.1, -0.05) is 38.2 Å². The van der Waals surface area contributed by atoms with Gasteiger partial charge in [-0.25, -0.2) is 0 Å².